The van der Waals surface area contributed by atoms with Gasteiger partial charge in [0.25, 0.3) is 0 Å². The Hall–Kier alpha value is -3.34. The number of para-hydroxylation sites is 1. The number of hydrogen-bond acceptors (Lipinski definition) is 8. The lowest BCUT2D eigenvalue weighted by molar-refractivity contribution is 0.307. The number of sulfonamides is 1. The van der Waals surface area contributed by atoms with Crippen molar-refractivity contribution in [3.63, 3.8) is 0 Å². The first-order valence-electron chi connectivity index (χ1n) is 10.6. The molecule has 4 rings (SSSR count). The third-order valence-corrected chi connectivity index (χ3v) is 6.98. The Balaban J connectivity index is 1.82. The fraction of sp³-hybridized carbons (Fsp3) is 0.409. The van der Waals surface area contributed by atoms with Crippen molar-refractivity contribution in [3.8, 4) is 34.6 Å². The molecule has 0 atom stereocenters. The molecule has 11 heteroatoms. The smallest absolute Gasteiger partial charge is 0.243 e. The van der Waals surface area contributed by atoms with Crippen LogP contribution in [-0.4, -0.2) is 55.2 Å². The molecular formula is C22H27N5O5S. The lowest BCUT2D eigenvalue weighted by atomic mass is 9.84. The molecule has 0 saturated heterocycles. The Morgan fingerprint density at radius 3 is 2.30 bits per heavy atom. The molecule has 1 aliphatic carbocycles. The Labute approximate surface area is 193 Å². The minimum atomic E-state index is -3.66. The Morgan fingerprint density at radius 2 is 1.70 bits per heavy atom. The number of hydrogen-bond donors (Lipinski definition) is 1. The highest BCUT2D eigenvalue weighted by Gasteiger charge is 2.27. The van der Waals surface area contributed by atoms with E-state index in [1.165, 1.54) is 21.3 Å². The SMILES string of the molecule is COc1cccc(-c2nnc(NS(=O)(=O)CCC3CCC3)n2-c2c(OC)cccc2OC)n1. The number of ether oxygens (including phenoxy) is 3. The highest BCUT2D eigenvalue weighted by Crippen LogP contribution is 2.37. The molecule has 1 saturated carbocycles. The molecule has 1 fully saturated rings. The number of nitrogens with zero attached hydrogens (tertiary/aromatic N) is 4. The number of methoxy groups -OCH3 is 3. The maximum absolute atomic E-state index is 12.9. The monoisotopic (exact) mass is 473 g/mol. The summed E-state index contributed by atoms with van der Waals surface area (Å²) in [4.78, 5) is 4.44. The molecule has 1 N–H and O–H groups in total. The van der Waals surface area contributed by atoms with Crippen LogP contribution in [-0.2, 0) is 10.0 Å². The maximum atomic E-state index is 12.9. The summed E-state index contributed by atoms with van der Waals surface area (Å²) in [5, 5.41) is 8.41. The third kappa shape index (κ3) is 4.87. The van der Waals surface area contributed by atoms with Gasteiger partial charge in [0.15, 0.2) is 5.82 Å². The van der Waals surface area contributed by atoms with Crippen molar-refractivity contribution in [1.82, 2.24) is 19.7 Å². The van der Waals surface area contributed by atoms with Crippen LogP contribution in [0.1, 0.15) is 25.7 Å². The van der Waals surface area contributed by atoms with Gasteiger partial charge in [-0.1, -0.05) is 31.4 Å². The van der Waals surface area contributed by atoms with E-state index in [1.807, 2.05) is 0 Å². The predicted molar refractivity (Wildman–Crippen MR) is 124 cm³/mol. The second kappa shape index (κ2) is 9.65. The Kier molecular flexibility index (Phi) is 6.68. The molecule has 176 valence electrons. The van der Waals surface area contributed by atoms with Crippen molar-refractivity contribution in [2.75, 3.05) is 31.8 Å². The van der Waals surface area contributed by atoms with E-state index < -0.39 is 10.0 Å². The van der Waals surface area contributed by atoms with Gasteiger partial charge in [-0.15, -0.1) is 10.2 Å². The number of aromatic nitrogens is 4. The van der Waals surface area contributed by atoms with Crippen LogP contribution < -0.4 is 18.9 Å². The van der Waals surface area contributed by atoms with Gasteiger partial charge in [-0.25, -0.2) is 13.4 Å². The molecule has 0 radical (unpaired) electrons. The molecule has 1 aromatic carbocycles. The van der Waals surface area contributed by atoms with Crippen LogP contribution in [0.3, 0.4) is 0 Å². The minimum Gasteiger partial charge on any atom is -0.494 e. The molecule has 0 spiro atoms. The first-order valence-corrected chi connectivity index (χ1v) is 12.3. The van der Waals surface area contributed by atoms with Gasteiger partial charge in [0.1, 0.15) is 22.9 Å². The summed E-state index contributed by atoms with van der Waals surface area (Å²) in [7, 11) is 0.903. The van der Waals surface area contributed by atoms with E-state index in [4.69, 9.17) is 14.2 Å². The number of pyridine rings is 1. The van der Waals surface area contributed by atoms with Gasteiger partial charge in [0.2, 0.25) is 21.9 Å². The van der Waals surface area contributed by atoms with Crippen molar-refractivity contribution in [2.24, 2.45) is 5.92 Å². The summed E-state index contributed by atoms with van der Waals surface area (Å²) in [5.74, 6) is 2.09. The van der Waals surface area contributed by atoms with Crippen LogP contribution in [0.15, 0.2) is 36.4 Å². The van der Waals surface area contributed by atoms with Gasteiger partial charge < -0.3 is 14.2 Å². The summed E-state index contributed by atoms with van der Waals surface area (Å²) in [6, 6.07) is 10.5. The van der Waals surface area contributed by atoms with E-state index in [9.17, 15) is 8.42 Å². The van der Waals surface area contributed by atoms with Crippen LogP contribution in [0.5, 0.6) is 17.4 Å². The number of nitrogens with one attached hydrogen (secondary N) is 1. The number of rotatable bonds is 10. The standard InChI is InChI=1S/C22H27N5O5S/c1-30-17-10-6-11-18(31-2)20(17)27-21(16-9-5-12-19(23-16)32-3)24-25-22(27)26-33(28,29)14-13-15-7-4-8-15/h5-6,9-12,15H,4,7-8,13-14H2,1-3H3,(H,25,26). The van der Waals surface area contributed by atoms with Gasteiger partial charge in [0, 0.05) is 6.07 Å². The van der Waals surface area contributed by atoms with Gasteiger partial charge in [0.05, 0.1) is 27.1 Å². The molecule has 2 heterocycles. The molecule has 0 amide bonds. The first-order chi connectivity index (χ1) is 16.0. The van der Waals surface area contributed by atoms with Crippen LogP contribution in [0.4, 0.5) is 5.95 Å². The van der Waals surface area contributed by atoms with Crippen molar-refractivity contribution >= 4 is 16.0 Å². The van der Waals surface area contributed by atoms with Gasteiger partial charge in [-0.05, 0) is 30.5 Å². The van der Waals surface area contributed by atoms with Crippen molar-refractivity contribution in [3.05, 3.63) is 36.4 Å². The van der Waals surface area contributed by atoms with E-state index in [-0.39, 0.29) is 11.7 Å². The average molecular weight is 474 g/mol. The lowest BCUT2D eigenvalue weighted by Crippen LogP contribution is -2.23. The first kappa shape index (κ1) is 22.8. The van der Waals surface area contributed by atoms with Crippen LogP contribution in [0, 0.1) is 5.92 Å². The Bertz CT molecular complexity index is 1200. The molecule has 33 heavy (non-hydrogen) atoms. The van der Waals surface area contributed by atoms with Crippen LogP contribution >= 0.6 is 0 Å². The molecule has 0 unspecified atom stereocenters. The maximum Gasteiger partial charge on any atom is 0.243 e. The zero-order valence-corrected chi connectivity index (χ0v) is 19.6. The van der Waals surface area contributed by atoms with E-state index in [2.05, 4.69) is 19.9 Å². The van der Waals surface area contributed by atoms with Crippen molar-refractivity contribution in [1.29, 1.82) is 0 Å². The van der Waals surface area contributed by atoms with Gasteiger partial charge in [-0.2, -0.15) is 0 Å². The summed E-state index contributed by atoms with van der Waals surface area (Å²) in [5.41, 5.74) is 0.888. The second-order valence-electron chi connectivity index (χ2n) is 7.77. The normalized spacial score (nSPS) is 13.9. The molecule has 0 aliphatic heterocycles. The number of anilines is 1. The summed E-state index contributed by atoms with van der Waals surface area (Å²) in [6.45, 7) is 0. The van der Waals surface area contributed by atoms with Crippen molar-refractivity contribution < 1.29 is 22.6 Å². The Morgan fingerprint density at radius 1 is 1.00 bits per heavy atom. The summed E-state index contributed by atoms with van der Waals surface area (Å²) < 4.78 is 46.3. The van der Waals surface area contributed by atoms with E-state index in [0.29, 0.717) is 46.9 Å². The van der Waals surface area contributed by atoms with E-state index in [1.54, 1.807) is 41.0 Å². The molecular weight excluding hydrogens is 446 g/mol. The second-order valence-corrected chi connectivity index (χ2v) is 9.61. The highest BCUT2D eigenvalue weighted by atomic mass is 32.2. The average Bonchev–Trinajstić information content (AvgIpc) is 3.19. The molecule has 3 aromatic rings. The quantitative estimate of drug-likeness (QED) is 0.477. The molecule has 0 bridgehead atoms. The molecule has 10 nitrogen and oxygen atoms in total. The lowest BCUT2D eigenvalue weighted by Gasteiger charge is -2.25. The third-order valence-electron chi connectivity index (χ3n) is 5.72. The minimum absolute atomic E-state index is 0.0142. The predicted octanol–water partition coefficient (Wildman–Crippen LogP) is 3.29. The fourth-order valence-corrected chi connectivity index (χ4v) is 4.88. The van der Waals surface area contributed by atoms with Gasteiger partial charge >= 0.3 is 0 Å². The summed E-state index contributed by atoms with van der Waals surface area (Å²) >= 11 is 0. The molecule has 1 aliphatic rings. The van der Waals surface area contributed by atoms with Gasteiger partial charge in [-0.3, -0.25) is 9.29 Å². The molecule has 2 aromatic heterocycles. The topological polar surface area (TPSA) is 117 Å². The largest absolute Gasteiger partial charge is 0.494 e. The number of benzene rings is 1. The van der Waals surface area contributed by atoms with E-state index in [0.717, 1.165) is 19.3 Å². The zero-order chi connectivity index (χ0) is 23.4. The summed E-state index contributed by atoms with van der Waals surface area (Å²) in [6.07, 6.45) is 3.94. The van der Waals surface area contributed by atoms with Crippen molar-refractivity contribution in [2.45, 2.75) is 25.7 Å². The van der Waals surface area contributed by atoms with E-state index >= 15 is 0 Å². The highest BCUT2D eigenvalue weighted by molar-refractivity contribution is 7.92. The fourth-order valence-electron chi connectivity index (χ4n) is 3.73. The zero-order valence-electron chi connectivity index (χ0n) is 18.8. The van der Waals surface area contributed by atoms with Crippen LogP contribution in [0.2, 0.25) is 0 Å². The van der Waals surface area contributed by atoms with Crippen LogP contribution in [0.25, 0.3) is 17.2 Å².